The molecular weight excluding hydrogens is 314 g/mol. The van der Waals surface area contributed by atoms with E-state index in [2.05, 4.69) is 5.32 Å². The summed E-state index contributed by atoms with van der Waals surface area (Å²) in [5.74, 6) is -2.13. The molecule has 21 heavy (non-hydrogen) atoms. The number of anilines is 2. The molecule has 0 amide bonds. The SMILES string of the molecule is Cc1cccc(Cl)c1Nc1c(CC(=O)O)csc1C(=O)O. The number of hydrogen-bond acceptors (Lipinski definition) is 4. The molecule has 0 bridgehead atoms. The average Bonchev–Trinajstić information content (AvgIpc) is 2.76. The maximum absolute atomic E-state index is 11.3. The van der Waals surface area contributed by atoms with Gasteiger partial charge >= 0.3 is 11.9 Å². The third kappa shape index (κ3) is 3.34. The van der Waals surface area contributed by atoms with Gasteiger partial charge in [0.25, 0.3) is 0 Å². The van der Waals surface area contributed by atoms with E-state index in [9.17, 15) is 14.7 Å². The van der Waals surface area contributed by atoms with Crippen molar-refractivity contribution in [3.05, 3.63) is 44.6 Å². The van der Waals surface area contributed by atoms with Crippen molar-refractivity contribution < 1.29 is 19.8 Å². The van der Waals surface area contributed by atoms with Crippen molar-refractivity contribution in [1.29, 1.82) is 0 Å². The second-order valence-corrected chi connectivity index (χ2v) is 5.68. The number of rotatable bonds is 5. The van der Waals surface area contributed by atoms with Crippen molar-refractivity contribution in [1.82, 2.24) is 0 Å². The van der Waals surface area contributed by atoms with Gasteiger partial charge in [-0.05, 0) is 29.5 Å². The first kappa shape index (κ1) is 15.3. The number of carboxylic acids is 2. The van der Waals surface area contributed by atoms with E-state index in [4.69, 9.17) is 16.7 Å². The van der Waals surface area contributed by atoms with E-state index < -0.39 is 11.9 Å². The highest BCUT2D eigenvalue weighted by Crippen LogP contribution is 2.35. The second-order valence-electron chi connectivity index (χ2n) is 4.40. The van der Waals surface area contributed by atoms with Gasteiger partial charge < -0.3 is 15.5 Å². The van der Waals surface area contributed by atoms with E-state index in [1.165, 1.54) is 5.38 Å². The molecule has 0 unspecified atom stereocenters. The predicted octanol–water partition coefficient (Wildman–Crippen LogP) is 3.78. The number of thiophene rings is 1. The fraction of sp³-hybridized carbons (Fsp3) is 0.143. The molecule has 2 aromatic rings. The molecule has 1 heterocycles. The molecule has 0 aliphatic heterocycles. The van der Waals surface area contributed by atoms with E-state index in [0.29, 0.717) is 16.3 Å². The van der Waals surface area contributed by atoms with Crippen molar-refractivity contribution in [2.24, 2.45) is 0 Å². The number of hydrogen-bond donors (Lipinski definition) is 3. The third-order valence-electron chi connectivity index (χ3n) is 2.88. The van der Waals surface area contributed by atoms with Crippen LogP contribution in [0, 0.1) is 6.92 Å². The summed E-state index contributed by atoms with van der Waals surface area (Å²) in [5, 5.41) is 23.1. The van der Waals surface area contributed by atoms with E-state index in [1.54, 1.807) is 12.1 Å². The third-order valence-corrected chi connectivity index (χ3v) is 4.21. The Kier molecular flexibility index (Phi) is 4.50. The zero-order chi connectivity index (χ0) is 15.6. The molecule has 0 fully saturated rings. The minimum atomic E-state index is -1.11. The molecule has 0 aliphatic rings. The molecule has 5 nitrogen and oxygen atoms in total. The molecule has 2 rings (SSSR count). The lowest BCUT2D eigenvalue weighted by atomic mass is 10.1. The van der Waals surface area contributed by atoms with E-state index in [-0.39, 0.29) is 17.0 Å². The number of carboxylic acid groups (broad SMARTS) is 2. The minimum absolute atomic E-state index is 0.0607. The molecule has 0 atom stereocenters. The van der Waals surface area contributed by atoms with Gasteiger partial charge in [0.2, 0.25) is 0 Å². The van der Waals surface area contributed by atoms with E-state index in [1.807, 2.05) is 13.0 Å². The summed E-state index contributed by atoms with van der Waals surface area (Å²) in [6.45, 7) is 1.83. The smallest absolute Gasteiger partial charge is 0.348 e. The van der Waals surface area contributed by atoms with Gasteiger partial charge in [-0.15, -0.1) is 11.3 Å². The van der Waals surface area contributed by atoms with Crippen LogP contribution in [-0.2, 0) is 11.2 Å². The Morgan fingerprint density at radius 3 is 2.57 bits per heavy atom. The van der Waals surface area contributed by atoms with Gasteiger partial charge in [0.1, 0.15) is 4.88 Å². The van der Waals surface area contributed by atoms with E-state index >= 15 is 0 Å². The van der Waals surface area contributed by atoms with Gasteiger partial charge in [-0.1, -0.05) is 23.7 Å². The highest BCUT2D eigenvalue weighted by molar-refractivity contribution is 7.12. The largest absolute Gasteiger partial charge is 0.481 e. The van der Waals surface area contributed by atoms with Crippen LogP contribution in [-0.4, -0.2) is 22.2 Å². The van der Waals surface area contributed by atoms with Crippen molar-refractivity contribution >= 4 is 46.3 Å². The van der Waals surface area contributed by atoms with Crippen molar-refractivity contribution in [2.75, 3.05) is 5.32 Å². The lowest BCUT2D eigenvalue weighted by molar-refractivity contribution is -0.136. The van der Waals surface area contributed by atoms with Gasteiger partial charge in [-0.2, -0.15) is 0 Å². The first-order valence-corrected chi connectivity index (χ1v) is 7.23. The molecule has 0 radical (unpaired) electrons. The summed E-state index contributed by atoms with van der Waals surface area (Å²) in [6, 6.07) is 5.30. The van der Waals surface area contributed by atoms with Crippen molar-refractivity contribution in [3.63, 3.8) is 0 Å². The van der Waals surface area contributed by atoms with E-state index in [0.717, 1.165) is 16.9 Å². The van der Waals surface area contributed by atoms with Crippen LogP contribution in [0.5, 0.6) is 0 Å². The van der Waals surface area contributed by atoms with Gasteiger partial charge in [0.05, 0.1) is 22.8 Å². The number of benzene rings is 1. The van der Waals surface area contributed by atoms with Crippen LogP contribution >= 0.6 is 22.9 Å². The summed E-state index contributed by atoms with van der Waals surface area (Å²) in [4.78, 5) is 22.2. The first-order valence-electron chi connectivity index (χ1n) is 5.97. The predicted molar refractivity (Wildman–Crippen MR) is 82.1 cm³/mol. The number of halogens is 1. The molecule has 0 aliphatic carbocycles. The maximum Gasteiger partial charge on any atom is 0.348 e. The number of carbonyl (C=O) groups is 2. The van der Waals surface area contributed by atoms with Gasteiger partial charge in [0.15, 0.2) is 0 Å². The molecule has 3 N–H and O–H groups in total. The Morgan fingerprint density at radius 1 is 1.29 bits per heavy atom. The van der Waals surface area contributed by atoms with Crippen LogP contribution in [0.3, 0.4) is 0 Å². The number of aromatic carboxylic acids is 1. The fourth-order valence-electron chi connectivity index (χ4n) is 1.90. The topological polar surface area (TPSA) is 86.6 Å². The van der Waals surface area contributed by atoms with Gasteiger partial charge in [0, 0.05) is 0 Å². The lowest BCUT2D eigenvalue weighted by Gasteiger charge is -2.13. The molecular formula is C14H12ClNO4S. The molecule has 0 spiro atoms. The molecule has 0 saturated carbocycles. The van der Waals surface area contributed by atoms with Crippen LogP contribution in [0.2, 0.25) is 5.02 Å². The normalized spacial score (nSPS) is 10.4. The average molecular weight is 326 g/mol. The summed E-state index contributed by atoms with van der Waals surface area (Å²) in [6.07, 6.45) is -0.254. The lowest BCUT2D eigenvalue weighted by Crippen LogP contribution is -2.05. The van der Waals surface area contributed by atoms with Crippen LogP contribution in [0.25, 0.3) is 0 Å². The Morgan fingerprint density at radius 2 is 2.00 bits per heavy atom. The maximum atomic E-state index is 11.3. The Bertz CT molecular complexity index is 691. The Labute approximate surface area is 129 Å². The zero-order valence-corrected chi connectivity index (χ0v) is 12.6. The molecule has 1 aromatic carbocycles. The van der Waals surface area contributed by atoms with Crippen molar-refractivity contribution in [2.45, 2.75) is 13.3 Å². The fourth-order valence-corrected chi connectivity index (χ4v) is 3.03. The molecule has 110 valence electrons. The highest BCUT2D eigenvalue weighted by Gasteiger charge is 2.20. The monoisotopic (exact) mass is 325 g/mol. The van der Waals surface area contributed by atoms with Crippen LogP contribution in [0.1, 0.15) is 20.8 Å². The standard InChI is InChI=1S/C14H12ClNO4S/c1-7-3-2-4-9(15)11(7)16-12-8(5-10(17)18)6-21-13(12)14(19)20/h2-4,6,16H,5H2,1H3,(H,17,18)(H,19,20). The number of para-hydroxylation sites is 1. The summed E-state index contributed by atoms with van der Waals surface area (Å²) < 4.78 is 0. The summed E-state index contributed by atoms with van der Waals surface area (Å²) in [7, 11) is 0. The quantitative estimate of drug-likeness (QED) is 0.778. The molecule has 0 saturated heterocycles. The second kappa shape index (κ2) is 6.15. The molecule has 1 aromatic heterocycles. The Hall–Kier alpha value is -2.05. The van der Waals surface area contributed by atoms with Crippen molar-refractivity contribution in [3.8, 4) is 0 Å². The van der Waals surface area contributed by atoms with Gasteiger partial charge in [-0.25, -0.2) is 4.79 Å². The number of aryl methyl sites for hydroxylation is 1. The molecule has 7 heteroatoms. The summed E-state index contributed by atoms with van der Waals surface area (Å²) >= 11 is 7.10. The zero-order valence-electron chi connectivity index (χ0n) is 11.0. The summed E-state index contributed by atoms with van der Waals surface area (Å²) in [5.41, 5.74) is 2.12. The van der Waals surface area contributed by atoms with Gasteiger partial charge in [-0.3, -0.25) is 4.79 Å². The highest BCUT2D eigenvalue weighted by atomic mass is 35.5. The number of aliphatic carboxylic acids is 1. The Balaban J connectivity index is 2.48. The minimum Gasteiger partial charge on any atom is -0.481 e. The van der Waals surface area contributed by atoms with Crippen LogP contribution in [0.4, 0.5) is 11.4 Å². The van der Waals surface area contributed by atoms with Crippen LogP contribution < -0.4 is 5.32 Å². The van der Waals surface area contributed by atoms with Crippen LogP contribution in [0.15, 0.2) is 23.6 Å². The first-order chi connectivity index (χ1) is 9.90. The number of nitrogens with one attached hydrogen (secondary N) is 1.